The van der Waals surface area contributed by atoms with Gasteiger partial charge in [0.15, 0.2) is 0 Å². The molecule has 2 aromatic rings. The normalized spacial score (nSPS) is 20.3. The summed E-state index contributed by atoms with van der Waals surface area (Å²) in [5.41, 5.74) is 2.62. The van der Waals surface area contributed by atoms with Crippen molar-refractivity contribution in [1.29, 1.82) is 5.26 Å². The van der Waals surface area contributed by atoms with Crippen LogP contribution < -0.4 is 4.90 Å². The zero-order valence-corrected chi connectivity index (χ0v) is 19.5. The second-order valence-electron chi connectivity index (χ2n) is 8.05. The van der Waals surface area contributed by atoms with Gasteiger partial charge in [0.25, 0.3) is 5.91 Å². The Labute approximate surface area is 197 Å². The van der Waals surface area contributed by atoms with Gasteiger partial charge in [-0.2, -0.15) is 5.26 Å². The molecule has 2 amide bonds. The van der Waals surface area contributed by atoms with Gasteiger partial charge in [0.1, 0.15) is 16.7 Å². The van der Waals surface area contributed by atoms with Gasteiger partial charge in [0, 0.05) is 23.8 Å². The van der Waals surface area contributed by atoms with Crippen LogP contribution in [0.4, 0.5) is 5.69 Å². The third-order valence-electron chi connectivity index (χ3n) is 5.81. The average Bonchev–Trinajstić information content (AvgIpc) is 3.13. The Bertz CT molecular complexity index is 1100. The number of rotatable bonds is 4. The highest BCUT2D eigenvalue weighted by molar-refractivity contribution is 8.05. The highest BCUT2D eigenvalue weighted by Gasteiger charge is 2.41. The standard InChI is InChI=1S/C25H24ClN3O2S/c1-17-10-11-18(14-21(17)26)15-22-24(31)29(19-8-4-2-5-9-19)25(32-22)20(16-27)23(30)28-12-6-3-7-13-28/h2,4-5,8-11,14,22H,3,6-7,12-13,15H2,1H3/b25-20-. The summed E-state index contributed by atoms with van der Waals surface area (Å²) in [7, 11) is 0. The monoisotopic (exact) mass is 465 g/mol. The van der Waals surface area contributed by atoms with Gasteiger partial charge in [-0.3, -0.25) is 14.5 Å². The van der Waals surface area contributed by atoms with E-state index in [0.717, 1.165) is 30.4 Å². The Kier molecular flexibility index (Phi) is 6.88. The number of hydrogen-bond acceptors (Lipinski definition) is 4. The van der Waals surface area contributed by atoms with E-state index in [-0.39, 0.29) is 17.4 Å². The summed E-state index contributed by atoms with van der Waals surface area (Å²) in [5.74, 6) is -0.422. The van der Waals surface area contributed by atoms with Crippen LogP contribution in [0.3, 0.4) is 0 Å². The molecule has 2 aliphatic rings. The number of aryl methyl sites for hydroxylation is 1. The predicted octanol–water partition coefficient (Wildman–Crippen LogP) is 5.09. The van der Waals surface area contributed by atoms with Crippen molar-refractivity contribution in [1.82, 2.24) is 4.90 Å². The molecular formula is C25H24ClN3O2S. The Morgan fingerprint density at radius 3 is 2.53 bits per heavy atom. The molecule has 7 heteroatoms. The quantitative estimate of drug-likeness (QED) is 0.466. The molecule has 5 nitrogen and oxygen atoms in total. The van der Waals surface area contributed by atoms with Crippen LogP contribution in [0.1, 0.15) is 30.4 Å². The molecule has 0 saturated carbocycles. The molecule has 0 aromatic heterocycles. The molecule has 2 heterocycles. The van der Waals surface area contributed by atoms with Crippen LogP contribution in [-0.2, 0) is 16.0 Å². The summed E-state index contributed by atoms with van der Waals surface area (Å²) >= 11 is 7.58. The number of likely N-dealkylation sites (tertiary alicyclic amines) is 1. The number of halogens is 1. The SMILES string of the molecule is Cc1ccc(CC2S/C(=C(/C#N)C(=O)N3CCCCC3)N(c3ccccc3)C2=O)cc1Cl. The fourth-order valence-electron chi connectivity index (χ4n) is 4.02. The number of carbonyl (C=O) groups is 2. The third-order valence-corrected chi connectivity index (χ3v) is 7.48. The number of carbonyl (C=O) groups excluding carboxylic acids is 2. The molecule has 0 radical (unpaired) electrons. The Morgan fingerprint density at radius 2 is 1.88 bits per heavy atom. The van der Waals surface area contributed by atoms with Crippen molar-refractivity contribution in [3.8, 4) is 6.07 Å². The summed E-state index contributed by atoms with van der Waals surface area (Å²) in [6, 6.07) is 17.1. The predicted molar refractivity (Wildman–Crippen MR) is 128 cm³/mol. The van der Waals surface area contributed by atoms with Crippen molar-refractivity contribution in [2.45, 2.75) is 37.9 Å². The van der Waals surface area contributed by atoms with Crippen LogP contribution in [0.15, 0.2) is 59.1 Å². The molecule has 1 unspecified atom stereocenters. The van der Waals surface area contributed by atoms with Crippen LogP contribution in [0.5, 0.6) is 0 Å². The van der Waals surface area contributed by atoms with Crippen molar-refractivity contribution in [3.05, 3.63) is 75.3 Å². The van der Waals surface area contributed by atoms with E-state index in [4.69, 9.17) is 11.6 Å². The van der Waals surface area contributed by atoms with Gasteiger partial charge in [0.2, 0.25) is 5.91 Å². The number of nitriles is 1. The van der Waals surface area contributed by atoms with E-state index in [1.54, 1.807) is 4.90 Å². The van der Waals surface area contributed by atoms with Crippen molar-refractivity contribution >= 4 is 40.9 Å². The lowest BCUT2D eigenvalue weighted by Crippen LogP contribution is -2.37. The average molecular weight is 466 g/mol. The summed E-state index contributed by atoms with van der Waals surface area (Å²) in [6.45, 7) is 3.23. The molecule has 0 aliphatic carbocycles. The first-order valence-corrected chi connectivity index (χ1v) is 12.0. The molecule has 1 atom stereocenters. The van der Waals surface area contributed by atoms with Crippen LogP contribution >= 0.6 is 23.4 Å². The number of piperidine rings is 1. The van der Waals surface area contributed by atoms with Crippen molar-refractivity contribution < 1.29 is 9.59 Å². The molecule has 164 valence electrons. The lowest BCUT2D eigenvalue weighted by atomic mass is 10.1. The van der Waals surface area contributed by atoms with Gasteiger partial charge in [-0.1, -0.05) is 53.7 Å². The zero-order chi connectivity index (χ0) is 22.7. The van der Waals surface area contributed by atoms with Gasteiger partial charge in [0.05, 0.1) is 5.25 Å². The minimum atomic E-state index is -0.443. The number of para-hydroxylation sites is 1. The number of thioether (sulfide) groups is 1. The van der Waals surface area contributed by atoms with Crippen LogP contribution in [0, 0.1) is 18.3 Å². The molecule has 32 heavy (non-hydrogen) atoms. The minimum absolute atomic E-state index is 0.0403. The highest BCUT2D eigenvalue weighted by Crippen LogP contribution is 2.42. The first-order chi connectivity index (χ1) is 15.5. The number of anilines is 1. The fraction of sp³-hybridized carbons (Fsp3) is 0.320. The maximum absolute atomic E-state index is 13.5. The fourth-order valence-corrected chi connectivity index (χ4v) is 5.53. The topological polar surface area (TPSA) is 64.4 Å². The van der Waals surface area contributed by atoms with E-state index in [9.17, 15) is 14.9 Å². The Balaban J connectivity index is 1.71. The lowest BCUT2D eigenvalue weighted by Gasteiger charge is -2.27. The Hall–Kier alpha value is -2.75. The van der Waals surface area contributed by atoms with Crippen molar-refractivity contribution in [2.75, 3.05) is 18.0 Å². The van der Waals surface area contributed by atoms with E-state index in [0.29, 0.717) is 35.2 Å². The molecule has 0 bridgehead atoms. The maximum Gasteiger partial charge on any atom is 0.267 e. The van der Waals surface area contributed by atoms with E-state index in [1.165, 1.54) is 16.7 Å². The van der Waals surface area contributed by atoms with Gasteiger partial charge in [-0.25, -0.2) is 0 Å². The molecule has 0 spiro atoms. The molecule has 2 fully saturated rings. The van der Waals surface area contributed by atoms with Crippen molar-refractivity contribution in [2.24, 2.45) is 0 Å². The second-order valence-corrected chi connectivity index (χ2v) is 9.65. The molecule has 4 rings (SSSR count). The van der Waals surface area contributed by atoms with Crippen LogP contribution in [-0.4, -0.2) is 35.1 Å². The molecule has 2 aromatic carbocycles. The van der Waals surface area contributed by atoms with Gasteiger partial charge in [-0.15, -0.1) is 0 Å². The molecular weight excluding hydrogens is 442 g/mol. The molecule has 2 aliphatic heterocycles. The van der Waals surface area contributed by atoms with E-state index >= 15 is 0 Å². The lowest BCUT2D eigenvalue weighted by molar-refractivity contribution is -0.127. The van der Waals surface area contributed by atoms with Gasteiger partial charge < -0.3 is 4.90 Å². The number of benzene rings is 2. The molecule has 0 N–H and O–H groups in total. The largest absolute Gasteiger partial charge is 0.338 e. The van der Waals surface area contributed by atoms with E-state index in [1.807, 2.05) is 55.5 Å². The van der Waals surface area contributed by atoms with Gasteiger partial charge >= 0.3 is 0 Å². The summed E-state index contributed by atoms with van der Waals surface area (Å²) < 4.78 is 0. The first kappa shape index (κ1) is 22.4. The maximum atomic E-state index is 13.5. The molecule has 2 saturated heterocycles. The third kappa shape index (κ3) is 4.55. The van der Waals surface area contributed by atoms with Crippen molar-refractivity contribution in [3.63, 3.8) is 0 Å². The Morgan fingerprint density at radius 1 is 1.16 bits per heavy atom. The first-order valence-electron chi connectivity index (χ1n) is 10.7. The summed E-state index contributed by atoms with van der Waals surface area (Å²) in [4.78, 5) is 30.0. The smallest absolute Gasteiger partial charge is 0.267 e. The van der Waals surface area contributed by atoms with Crippen LogP contribution in [0.2, 0.25) is 5.02 Å². The zero-order valence-electron chi connectivity index (χ0n) is 17.9. The van der Waals surface area contributed by atoms with E-state index < -0.39 is 5.25 Å². The number of amides is 2. The minimum Gasteiger partial charge on any atom is -0.338 e. The summed E-state index contributed by atoms with van der Waals surface area (Å²) in [5, 5.41) is 10.6. The second kappa shape index (κ2) is 9.81. The highest BCUT2D eigenvalue weighted by atomic mass is 35.5. The summed E-state index contributed by atoms with van der Waals surface area (Å²) in [6.07, 6.45) is 3.43. The van der Waals surface area contributed by atoms with E-state index in [2.05, 4.69) is 6.07 Å². The van der Waals surface area contributed by atoms with Crippen LogP contribution in [0.25, 0.3) is 0 Å². The number of nitrogens with zero attached hydrogens (tertiary/aromatic N) is 3. The number of hydrogen-bond donors (Lipinski definition) is 0. The van der Waals surface area contributed by atoms with Gasteiger partial charge in [-0.05, 0) is 61.9 Å².